The SMILES string of the molecule is Cc1n(CCC[n+]2ccn(CCC[n+]3ccn(CCCO)c3C)c2C)cc[n+]1C.[Y]. The largest absolute Gasteiger partial charge is 0.396 e. The van der Waals surface area contributed by atoms with Gasteiger partial charge in [-0.25, -0.2) is 27.4 Å². The van der Waals surface area contributed by atoms with Crippen molar-refractivity contribution in [1.29, 1.82) is 0 Å². The van der Waals surface area contributed by atoms with E-state index in [2.05, 4.69) is 92.4 Å². The first-order valence-corrected chi connectivity index (χ1v) is 10.7. The summed E-state index contributed by atoms with van der Waals surface area (Å²) in [6, 6.07) is 0. The van der Waals surface area contributed by atoms with Crippen LogP contribution in [0.15, 0.2) is 37.2 Å². The fraction of sp³-hybridized carbons (Fsp3) is 0.591. The van der Waals surface area contributed by atoms with Gasteiger partial charge in [0.25, 0.3) is 17.5 Å². The van der Waals surface area contributed by atoms with Gasteiger partial charge in [0.2, 0.25) is 0 Å². The molecule has 0 spiro atoms. The molecule has 30 heavy (non-hydrogen) atoms. The van der Waals surface area contributed by atoms with E-state index in [1.54, 1.807) is 0 Å². The molecule has 8 heteroatoms. The summed E-state index contributed by atoms with van der Waals surface area (Å²) in [4.78, 5) is 0. The molecule has 0 unspecified atom stereocenters. The number of imidazole rings is 3. The van der Waals surface area contributed by atoms with Crippen LogP contribution in [0.2, 0.25) is 0 Å². The van der Waals surface area contributed by atoms with E-state index in [4.69, 9.17) is 5.11 Å². The molecule has 1 radical (unpaired) electrons. The van der Waals surface area contributed by atoms with E-state index in [9.17, 15) is 0 Å². The Labute approximate surface area is 205 Å². The van der Waals surface area contributed by atoms with Crippen molar-refractivity contribution < 1.29 is 51.5 Å². The van der Waals surface area contributed by atoms with Gasteiger partial charge in [-0.3, -0.25) is 0 Å². The van der Waals surface area contributed by atoms with Crippen molar-refractivity contribution in [2.45, 2.75) is 72.8 Å². The third-order valence-corrected chi connectivity index (χ3v) is 6.07. The third kappa shape index (κ3) is 6.11. The molecule has 0 atom stereocenters. The number of aryl methyl sites for hydroxylation is 6. The van der Waals surface area contributed by atoms with E-state index in [1.165, 1.54) is 17.5 Å². The summed E-state index contributed by atoms with van der Waals surface area (Å²) in [7, 11) is 2.09. The topological polar surface area (TPSA) is 46.7 Å². The van der Waals surface area contributed by atoms with Crippen LogP contribution in [0, 0.1) is 20.8 Å². The first-order chi connectivity index (χ1) is 14.0. The molecule has 1 N–H and O–H groups in total. The molecule has 0 bridgehead atoms. The van der Waals surface area contributed by atoms with Gasteiger partial charge in [0, 0.05) is 79.3 Å². The van der Waals surface area contributed by atoms with E-state index >= 15 is 0 Å². The summed E-state index contributed by atoms with van der Waals surface area (Å²) in [6.45, 7) is 11.8. The molecular weight excluding hydrogens is 453 g/mol. The molecular formula is C22H37N6OY+3. The fourth-order valence-corrected chi connectivity index (χ4v) is 3.93. The number of nitrogens with zero attached hydrogens (tertiary/aromatic N) is 6. The van der Waals surface area contributed by atoms with Crippen LogP contribution in [0.1, 0.15) is 36.7 Å². The number of rotatable bonds is 11. The molecule has 0 aliphatic heterocycles. The van der Waals surface area contributed by atoms with Gasteiger partial charge in [-0.1, -0.05) is 0 Å². The molecule has 0 saturated carbocycles. The maximum Gasteiger partial charge on any atom is 0.253 e. The molecule has 0 fully saturated rings. The summed E-state index contributed by atoms with van der Waals surface area (Å²) < 4.78 is 13.7. The predicted octanol–water partition coefficient (Wildman–Crippen LogP) is 0.976. The molecule has 161 valence electrons. The fourth-order valence-electron chi connectivity index (χ4n) is 3.93. The Morgan fingerprint density at radius 1 is 0.700 bits per heavy atom. The van der Waals surface area contributed by atoms with E-state index in [0.29, 0.717) is 0 Å². The Bertz CT molecular complexity index is 926. The van der Waals surface area contributed by atoms with Crippen LogP contribution in [0.25, 0.3) is 0 Å². The molecule has 0 aliphatic rings. The summed E-state index contributed by atoms with van der Waals surface area (Å²) in [5, 5.41) is 9.02. The number of aliphatic hydroxyl groups is 1. The monoisotopic (exact) mass is 490 g/mol. The van der Waals surface area contributed by atoms with Gasteiger partial charge >= 0.3 is 0 Å². The second-order valence-corrected chi connectivity index (χ2v) is 7.90. The smallest absolute Gasteiger partial charge is 0.253 e. The van der Waals surface area contributed by atoms with Crippen LogP contribution in [0.5, 0.6) is 0 Å². The minimum atomic E-state index is 0. The Balaban J connectivity index is 0.00000320. The van der Waals surface area contributed by atoms with Gasteiger partial charge in [-0.15, -0.1) is 0 Å². The number of aromatic nitrogens is 6. The average Bonchev–Trinajstić information content (AvgIpc) is 3.35. The van der Waals surface area contributed by atoms with Gasteiger partial charge in [0.1, 0.15) is 37.2 Å². The summed E-state index contributed by atoms with van der Waals surface area (Å²) >= 11 is 0. The van der Waals surface area contributed by atoms with Crippen molar-refractivity contribution in [3.8, 4) is 0 Å². The van der Waals surface area contributed by atoms with Crippen molar-refractivity contribution in [3.63, 3.8) is 0 Å². The Hall–Kier alpha value is -1.31. The maximum atomic E-state index is 9.02. The number of hydrogen-bond donors (Lipinski definition) is 1. The third-order valence-electron chi connectivity index (χ3n) is 6.07. The Kier molecular flexibility index (Phi) is 9.91. The van der Waals surface area contributed by atoms with Crippen molar-refractivity contribution in [2.75, 3.05) is 6.61 Å². The maximum absolute atomic E-state index is 9.02. The molecule has 0 aromatic carbocycles. The summed E-state index contributed by atoms with van der Waals surface area (Å²) in [5.74, 6) is 3.87. The molecule has 3 heterocycles. The second kappa shape index (κ2) is 11.9. The molecule has 3 aromatic heterocycles. The quantitative estimate of drug-likeness (QED) is 0.401. The van der Waals surface area contributed by atoms with Crippen LogP contribution in [-0.2, 0) is 72.5 Å². The molecule has 3 aromatic rings. The van der Waals surface area contributed by atoms with Gasteiger partial charge in [-0.05, 0) is 0 Å². The predicted molar refractivity (Wildman–Crippen MR) is 110 cm³/mol. The van der Waals surface area contributed by atoms with E-state index in [-0.39, 0.29) is 39.3 Å². The van der Waals surface area contributed by atoms with E-state index in [0.717, 1.165) is 52.0 Å². The first-order valence-electron chi connectivity index (χ1n) is 10.7. The zero-order valence-electron chi connectivity index (χ0n) is 19.0. The van der Waals surface area contributed by atoms with Crippen molar-refractivity contribution in [1.82, 2.24) is 13.7 Å². The van der Waals surface area contributed by atoms with Gasteiger partial charge in [0.15, 0.2) is 0 Å². The molecule has 3 rings (SSSR count). The summed E-state index contributed by atoms with van der Waals surface area (Å²) in [5.41, 5.74) is 0. The Morgan fingerprint density at radius 3 is 1.57 bits per heavy atom. The zero-order valence-corrected chi connectivity index (χ0v) is 21.9. The molecule has 7 nitrogen and oxygen atoms in total. The normalized spacial score (nSPS) is 11.1. The molecule has 0 aliphatic carbocycles. The van der Waals surface area contributed by atoms with Crippen LogP contribution in [0.4, 0.5) is 0 Å². The van der Waals surface area contributed by atoms with E-state index < -0.39 is 0 Å². The minimum Gasteiger partial charge on any atom is -0.396 e. The van der Waals surface area contributed by atoms with Gasteiger partial charge in [0.05, 0.1) is 39.8 Å². The number of aliphatic hydroxyl groups excluding tert-OH is 1. The first kappa shape index (κ1) is 25.0. The van der Waals surface area contributed by atoms with Gasteiger partial charge in [-0.2, -0.15) is 0 Å². The van der Waals surface area contributed by atoms with E-state index in [1.807, 2.05) is 0 Å². The van der Waals surface area contributed by atoms with Crippen molar-refractivity contribution in [2.24, 2.45) is 7.05 Å². The summed E-state index contributed by atoms with van der Waals surface area (Å²) in [6.07, 6.45) is 16.0. The van der Waals surface area contributed by atoms with Gasteiger partial charge < -0.3 is 5.11 Å². The van der Waals surface area contributed by atoms with Crippen molar-refractivity contribution >= 4 is 0 Å². The minimum absolute atomic E-state index is 0. The van der Waals surface area contributed by atoms with Crippen LogP contribution in [0.3, 0.4) is 0 Å². The Morgan fingerprint density at radius 2 is 1.13 bits per heavy atom. The standard InChI is InChI=1S/C22H37N6O.Y/c1-20-23(4)13-14-24(20)8-5-9-25-15-16-26(21(25)2)10-6-11-27-17-18-28(22(27)3)12-7-19-29;/h13-18,29H,5-12,19H2,1-4H3;/q+3;. The zero-order chi connectivity index (χ0) is 20.8. The van der Waals surface area contributed by atoms with Crippen LogP contribution >= 0.6 is 0 Å². The molecule has 0 saturated heterocycles. The van der Waals surface area contributed by atoms with Crippen LogP contribution in [-0.4, -0.2) is 25.4 Å². The molecule has 0 amide bonds. The van der Waals surface area contributed by atoms with Crippen molar-refractivity contribution in [3.05, 3.63) is 54.7 Å². The number of hydrogen-bond acceptors (Lipinski definition) is 1. The second-order valence-electron chi connectivity index (χ2n) is 7.90. The average molecular weight is 490 g/mol. The van der Waals surface area contributed by atoms with Crippen LogP contribution < -0.4 is 13.7 Å².